The summed E-state index contributed by atoms with van der Waals surface area (Å²) in [6.45, 7) is 2.89. The summed E-state index contributed by atoms with van der Waals surface area (Å²) < 4.78 is 18.7. The van der Waals surface area contributed by atoms with Crippen LogP contribution in [0.15, 0.2) is 36.7 Å². The molecule has 0 spiro atoms. The lowest BCUT2D eigenvalue weighted by molar-refractivity contribution is -0.146. The zero-order valence-electron chi connectivity index (χ0n) is 18.0. The molecule has 5 heterocycles. The van der Waals surface area contributed by atoms with E-state index in [-0.39, 0.29) is 16.9 Å². The smallest absolute Gasteiger partial charge is 0.262 e. The van der Waals surface area contributed by atoms with E-state index >= 15 is 0 Å². The largest absolute Gasteiger partial charge is 0.496 e. The number of carbonyl (C=O) groups excluding carboxylic acids is 1. The first-order valence-corrected chi connectivity index (χ1v) is 10.5. The van der Waals surface area contributed by atoms with Crippen LogP contribution in [0, 0.1) is 0 Å². The number of carbonyl (C=O) groups is 1. The molecule has 0 radical (unpaired) electrons. The maximum Gasteiger partial charge on any atom is 0.262 e. The van der Waals surface area contributed by atoms with Gasteiger partial charge in [0.25, 0.3) is 5.91 Å². The van der Waals surface area contributed by atoms with Crippen molar-refractivity contribution >= 4 is 17.4 Å². The van der Waals surface area contributed by atoms with E-state index in [1.165, 1.54) is 7.11 Å². The molecule has 1 saturated carbocycles. The molecule has 2 saturated heterocycles. The Morgan fingerprint density at radius 2 is 1.94 bits per heavy atom. The SMILES string of the molecule is COc1cccc(NC(=O)c2cn3cc(C45CCC(C)(CC4)OC5)nc3cc2OC)n1. The van der Waals surface area contributed by atoms with Crippen LogP contribution >= 0.6 is 0 Å². The number of hydrogen-bond acceptors (Lipinski definition) is 6. The minimum Gasteiger partial charge on any atom is -0.496 e. The van der Waals surface area contributed by atoms with Crippen molar-refractivity contribution in [3.05, 3.63) is 47.9 Å². The van der Waals surface area contributed by atoms with E-state index in [1.807, 2.05) is 10.6 Å². The number of aromatic nitrogens is 3. The normalized spacial score (nSPS) is 24.9. The van der Waals surface area contributed by atoms with Crippen molar-refractivity contribution < 1.29 is 19.0 Å². The van der Waals surface area contributed by atoms with Gasteiger partial charge in [-0.2, -0.15) is 4.98 Å². The standard InChI is InChI=1S/C23H26N4O4/c1-22-7-9-23(10-8-22,14-31-22)17-13-27-12-15(16(29-2)11-19(27)24-17)21(28)26-18-5-4-6-20(25-18)30-3/h4-6,11-13H,7-10,14H2,1-3H3,(H,25,26,28). The molecule has 1 N–H and O–H groups in total. The van der Waals surface area contributed by atoms with Crippen molar-refractivity contribution in [1.29, 1.82) is 0 Å². The van der Waals surface area contributed by atoms with Crippen LogP contribution in [0.4, 0.5) is 5.82 Å². The average Bonchev–Trinajstić information content (AvgIpc) is 3.23. The molecule has 31 heavy (non-hydrogen) atoms. The van der Waals surface area contributed by atoms with Gasteiger partial charge in [-0.1, -0.05) is 6.07 Å². The van der Waals surface area contributed by atoms with Gasteiger partial charge in [0.15, 0.2) is 0 Å². The number of hydrogen-bond donors (Lipinski definition) is 1. The molecule has 8 heteroatoms. The Labute approximate surface area is 180 Å². The zero-order chi connectivity index (χ0) is 21.6. The number of nitrogens with zero attached hydrogens (tertiary/aromatic N) is 3. The maximum atomic E-state index is 13.0. The zero-order valence-corrected chi connectivity index (χ0v) is 18.0. The van der Waals surface area contributed by atoms with Crippen LogP contribution in [0.25, 0.3) is 5.65 Å². The van der Waals surface area contributed by atoms with Crippen LogP contribution < -0.4 is 14.8 Å². The van der Waals surface area contributed by atoms with E-state index in [4.69, 9.17) is 19.2 Å². The van der Waals surface area contributed by atoms with Gasteiger partial charge in [0.2, 0.25) is 5.88 Å². The van der Waals surface area contributed by atoms with Crippen LogP contribution in [-0.4, -0.2) is 46.7 Å². The lowest BCUT2D eigenvalue weighted by Gasteiger charge is -2.51. The van der Waals surface area contributed by atoms with Gasteiger partial charge >= 0.3 is 0 Å². The van der Waals surface area contributed by atoms with Crippen LogP contribution in [0.1, 0.15) is 48.7 Å². The molecule has 2 bridgehead atoms. The van der Waals surface area contributed by atoms with Gasteiger partial charge in [-0.05, 0) is 38.7 Å². The predicted octanol–water partition coefficient (Wildman–Crippen LogP) is 3.60. The van der Waals surface area contributed by atoms with Crippen molar-refractivity contribution in [3.63, 3.8) is 0 Å². The quantitative estimate of drug-likeness (QED) is 0.676. The number of pyridine rings is 2. The average molecular weight is 422 g/mol. The topological polar surface area (TPSA) is 87.0 Å². The molecule has 3 fully saturated rings. The molecule has 0 unspecified atom stereocenters. The number of ether oxygens (including phenoxy) is 3. The van der Waals surface area contributed by atoms with E-state index in [0.717, 1.165) is 37.0 Å². The Balaban J connectivity index is 1.47. The van der Waals surface area contributed by atoms with Crippen molar-refractivity contribution in [2.75, 3.05) is 26.1 Å². The molecular formula is C23H26N4O4. The third-order valence-corrected chi connectivity index (χ3v) is 6.70. The first-order valence-electron chi connectivity index (χ1n) is 10.5. The molecule has 162 valence electrons. The molecule has 3 aliphatic rings. The minimum atomic E-state index is -0.317. The Morgan fingerprint density at radius 1 is 1.13 bits per heavy atom. The number of methoxy groups -OCH3 is 2. The van der Waals surface area contributed by atoms with E-state index in [2.05, 4.69) is 17.2 Å². The van der Waals surface area contributed by atoms with Crippen molar-refractivity contribution in [2.24, 2.45) is 0 Å². The maximum absolute atomic E-state index is 13.0. The van der Waals surface area contributed by atoms with Crippen molar-refractivity contribution in [2.45, 2.75) is 43.6 Å². The lowest BCUT2D eigenvalue weighted by Crippen LogP contribution is -2.51. The summed E-state index contributed by atoms with van der Waals surface area (Å²) in [5.74, 6) is 0.972. The van der Waals surface area contributed by atoms with Gasteiger partial charge in [0, 0.05) is 29.9 Å². The summed E-state index contributed by atoms with van der Waals surface area (Å²) in [6, 6.07) is 6.99. The summed E-state index contributed by atoms with van der Waals surface area (Å²) in [5, 5.41) is 2.81. The third kappa shape index (κ3) is 3.40. The molecule has 3 aromatic rings. The molecule has 6 rings (SSSR count). The fourth-order valence-electron chi connectivity index (χ4n) is 4.58. The highest BCUT2D eigenvalue weighted by Gasteiger charge is 2.49. The van der Waals surface area contributed by atoms with E-state index < -0.39 is 0 Å². The van der Waals surface area contributed by atoms with Crippen molar-refractivity contribution in [1.82, 2.24) is 14.4 Å². The number of amides is 1. The second kappa shape index (κ2) is 7.23. The molecule has 8 nitrogen and oxygen atoms in total. The summed E-state index contributed by atoms with van der Waals surface area (Å²) >= 11 is 0. The number of nitrogens with one attached hydrogen (secondary N) is 1. The first kappa shape index (κ1) is 19.8. The number of rotatable bonds is 5. The second-order valence-electron chi connectivity index (χ2n) is 8.69. The highest BCUT2D eigenvalue weighted by Crippen LogP contribution is 2.49. The molecule has 0 aromatic carbocycles. The molecular weight excluding hydrogens is 396 g/mol. The summed E-state index contributed by atoms with van der Waals surface area (Å²) in [4.78, 5) is 22.1. The van der Waals surface area contributed by atoms with Gasteiger partial charge in [0.1, 0.15) is 17.2 Å². The van der Waals surface area contributed by atoms with Gasteiger partial charge in [-0.15, -0.1) is 0 Å². The summed E-state index contributed by atoms with van der Waals surface area (Å²) in [7, 11) is 3.08. The Hall–Kier alpha value is -3.13. The van der Waals surface area contributed by atoms with Crippen molar-refractivity contribution in [3.8, 4) is 11.6 Å². The lowest BCUT2D eigenvalue weighted by atomic mass is 9.65. The first-order chi connectivity index (χ1) is 14.9. The van der Waals surface area contributed by atoms with Crippen LogP contribution in [0.3, 0.4) is 0 Å². The molecule has 1 amide bonds. The fraction of sp³-hybridized carbons (Fsp3) is 0.435. The second-order valence-corrected chi connectivity index (χ2v) is 8.69. The van der Waals surface area contributed by atoms with Gasteiger partial charge < -0.3 is 23.9 Å². The Bertz CT molecular complexity index is 1130. The highest BCUT2D eigenvalue weighted by molar-refractivity contribution is 6.05. The summed E-state index contributed by atoms with van der Waals surface area (Å²) in [5.41, 5.74) is 2.13. The van der Waals surface area contributed by atoms with E-state index in [9.17, 15) is 4.79 Å². The Morgan fingerprint density at radius 3 is 2.61 bits per heavy atom. The molecule has 3 aromatic heterocycles. The number of imidazole rings is 1. The number of fused-ring (bicyclic) bond motifs is 4. The Kier molecular flexibility index (Phi) is 4.62. The highest BCUT2D eigenvalue weighted by atomic mass is 16.5. The molecule has 0 atom stereocenters. The molecule has 1 aliphatic carbocycles. The monoisotopic (exact) mass is 422 g/mol. The predicted molar refractivity (Wildman–Crippen MR) is 115 cm³/mol. The third-order valence-electron chi connectivity index (χ3n) is 6.70. The van der Waals surface area contributed by atoms with Gasteiger partial charge in [-0.25, -0.2) is 4.98 Å². The van der Waals surface area contributed by atoms with Gasteiger partial charge in [-0.3, -0.25) is 4.79 Å². The van der Waals surface area contributed by atoms with Crippen LogP contribution in [0.2, 0.25) is 0 Å². The minimum absolute atomic E-state index is 0.0174. The molecule has 2 aliphatic heterocycles. The van der Waals surface area contributed by atoms with E-state index in [1.54, 1.807) is 37.6 Å². The fourth-order valence-corrected chi connectivity index (χ4v) is 4.58. The van der Waals surface area contributed by atoms with E-state index in [0.29, 0.717) is 29.6 Å². The number of anilines is 1. The van der Waals surface area contributed by atoms with Crippen LogP contribution in [0.5, 0.6) is 11.6 Å². The van der Waals surface area contributed by atoms with Crippen LogP contribution in [-0.2, 0) is 10.2 Å². The van der Waals surface area contributed by atoms with Gasteiger partial charge in [0.05, 0.1) is 37.7 Å². The summed E-state index contributed by atoms with van der Waals surface area (Å²) in [6.07, 6.45) is 8.01.